The topological polar surface area (TPSA) is 12.0 Å². The number of halogens is 2. The maximum absolute atomic E-state index is 13.5. The Morgan fingerprint density at radius 1 is 1.40 bits per heavy atom. The standard InChI is InChI=1S/C12H17ClFN/c1-8(9(2)15-3)6-10-4-5-11(13)7-12(10)14/h4-5,7-9,15H,6H2,1-3H3. The van der Waals surface area contributed by atoms with E-state index in [4.69, 9.17) is 11.6 Å². The van der Waals surface area contributed by atoms with Crippen LogP contribution in [0.25, 0.3) is 0 Å². The summed E-state index contributed by atoms with van der Waals surface area (Å²) in [7, 11) is 1.92. The van der Waals surface area contributed by atoms with Gasteiger partial charge in [0.25, 0.3) is 0 Å². The van der Waals surface area contributed by atoms with Gasteiger partial charge in [-0.15, -0.1) is 0 Å². The van der Waals surface area contributed by atoms with E-state index in [0.29, 0.717) is 17.0 Å². The zero-order chi connectivity index (χ0) is 11.4. The van der Waals surface area contributed by atoms with Crippen LogP contribution in [0.3, 0.4) is 0 Å². The van der Waals surface area contributed by atoms with Crippen LogP contribution in [-0.2, 0) is 6.42 Å². The molecule has 1 rings (SSSR count). The molecule has 0 spiro atoms. The van der Waals surface area contributed by atoms with Crippen LogP contribution in [0.4, 0.5) is 4.39 Å². The molecule has 15 heavy (non-hydrogen) atoms. The van der Waals surface area contributed by atoms with Crippen molar-refractivity contribution >= 4 is 11.6 Å². The maximum Gasteiger partial charge on any atom is 0.127 e. The largest absolute Gasteiger partial charge is 0.317 e. The van der Waals surface area contributed by atoms with Crippen molar-refractivity contribution in [3.63, 3.8) is 0 Å². The molecule has 0 amide bonds. The van der Waals surface area contributed by atoms with Crippen molar-refractivity contribution in [2.75, 3.05) is 7.05 Å². The van der Waals surface area contributed by atoms with Crippen molar-refractivity contribution in [2.45, 2.75) is 26.3 Å². The summed E-state index contributed by atoms with van der Waals surface area (Å²) < 4.78 is 13.5. The molecule has 0 saturated heterocycles. The first kappa shape index (κ1) is 12.5. The summed E-state index contributed by atoms with van der Waals surface area (Å²) in [5, 5.41) is 3.62. The van der Waals surface area contributed by atoms with Gasteiger partial charge in [-0.2, -0.15) is 0 Å². The Kier molecular flexibility index (Phi) is 4.55. The molecule has 0 aliphatic rings. The SMILES string of the molecule is CNC(C)C(C)Cc1ccc(Cl)cc1F. The highest BCUT2D eigenvalue weighted by Crippen LogP contribution is 2.18. The molecular formula is C12H17ClFN. The molecule has 0 aliphatic heterocycles. The summed E-state index contributed by atoms with van der Waals surface area (Å²) in [5.41, 5.74) is 0.731. The highest BCUT2D eigenvalue weighted by atomic mass is 35.5. The average molecular weight is 230 g/mol. The molecule has 1 aromatic rings. The second kappa shape index (κ2) is 5.47. The third-order valence-corrected chi connectivity index (χ3v) is 3.10. The van der Waals surface area contributed by atoms with Gasteiger partial charge in [-0.3, -0.25) is 0 Å². The predicted octanol–water partition coefficient (Wildman–Crippen LogP) is 3.27. The first-order valence-corrected chi connectivity index (χ1v) is 5.53. The van der Waals surface area contributed by atoms with Gasteiger partial charge >= 0.3 is 0 Å². The van der Waals surface area contributed by atoms with Crippen LogP contribution in [-0.4, -0.2) is 13.1 Å². The lowest BCUT2D eigenvalue weighted by atomic mass is 9.95. The fourth-order valence-electron chi connectivity index (χ4n) is 1.50. The molecule has 2 unspecified atom stereocenters. The highest BCUT2D eigenvalue weighted by molar-refractivity contribution is 6.30. The third-order valence-electron chi connectivity index (χ3n) is 2.87. The lowest BCUT2D eigenvalue weighted by Gasteiger charge is -2.19. The van der Waals surface area contributed by atoms with Gasteiger partial charge in [0.15, 0.2) is 0 Å². The van der Waals surface area contributed by atoms with Gasteiger partial charge in [-0.05, 0) is 44.0 Å². The van der Waals surface area contributed by atoms with E-state index in [2.05, 4.69) is 19.2 Å². The summed E-state index contributed by atoms with van der Waals surface area (Å²) >= 11 is 5.69. The van der Waals surface area contributed by atoms with Crippen molar-refractivity contribution in [2.24, 2.45) is 5.92 Å². The molecule has 3 heteroatoms. The van der Waals surface area contributed by atoms with Crippen LogP contribution >= 0.6 is 11.6 Å². The molecule has 0 aromatic heterocycles. The molecule has 0 heterocycles. The molecule has 0 fully saturated rings. The number of nitrogens with one attached hydrogen (secondary N) is 1. The average Bonchev–Trinajstić information content (AvgIpc) is 2.20. The Morgan fingerprint density at radius 3 is 2.60 bits per heavy atom. The van der Waals surface area contributed by atoms with Crippen molar-refractivity contribution in [3.05, 3.63) is 34.6 Å². The fraction of sp³-hybridized carbons (Fsp3) is 0.500. The van der Waals surface area contributed by atoms with Gasteiger partial charge < -0.3 is 5.32 Å². The van der Waals surface area contributed by atoms with Crippen LogP contribution in [0, 0.1) is 11.7 Å². The molecular weight excluding hydrogens is 213 g/mol. The smallest absolute Gasteiger partial charge is 0.127 e. The zero-order valence-electron chi connectivity index (χ0n) is 9.35. The van der Waals surface area contributed by atoms with Gasteiger partial charge in [0.05, 0.1) is 0 Å². The molecule has 84 valence electrons. The molecule has 1 aromatic carbocycles. The Hall–Kier alpha value is -0.600. The summed E-state index contributed by atoms with van der Waals surface area (Å²) in [5.74, 6) is 0.184. The lowest BCUT2D eigenvalue weighted by molar-refractivity contribution is 0.417. The minimum Gasteiger partial charge on any atom is -0.317 e. The van der Waals surface area contributed by atoms with E-state index in [1.54, 1.807) is 12.1 Å². The molecule has 0 bridgehead atoms. The van der Waals surface area contributed by atoms with E-state index in [-0.39, 0.29) is 5.82 Å². The first-order valence-electron chi connectivity index (χ1n) is 5.15. The third kappa shape index (κ3) is 3.47. The Balaban J connectivity index is 2.72. The van der Waals surface area contributed by atoms with E-state index in [0.717, 1.165) is 12.0 Å². The van der Waals surface area contributed by atoms with Gasteiger partial charge in [0.1, 0.15) is 5.82 Å². The second-order valence-corrected chi connectivity index (χ2v) is 4.43. The van der Waals surface area contributed by atoms with Crippen LogP contribution in [0.5, 0.6) is 0 Å². The minimum atomic E-state index is -0.211. The Labute approximate surface area is 95.6 Å². The van der Waals surface area contributed by atoms with Crippen LogP contribution in [0.2, 0.25) is 5.02 Å². The minimum absolute atomic E-state index is 0.211. The normalized spacial score (nSPS) is 15.0. The van der Waals surface area contributed by atoms with Gasteiger partial charge in [-0.1, -0.05) is 24.6 Å². The van der Waals surface area contributed by atoms with E-state index in [9.17, 15) is 4.39 Å². The quantitative estimate of drug-likeness (QED) is 0.836. The maximum atomic E-state index is 13.5. The fourth-order valence-corrected chi connectivity index (χ4v) is 1.65. The summed E-state index contributed by atoms with van der Waals surface area (Å²) in [6.07, 6.45) is 0.727. The van der Waals surface area contributed by atoms with Crippen molar-refractivity contribution < 1.29 is 4.39 Å². The first-order chi connectivity index (χ1) is 7.04. The Bertz CT molecular complexity index is 327. The van der Waals surface area contributed by atoms with Gasteiger partial charge in [-0.25, -0.2) is 4.39 Å². The molecule has 1 nitrogen and oxygen atoms in total. The number of hydrogen-bond acceptors (Lipinski definition) is 1. The molecule has 1 N–H and O–H groups in total. The zero-order valence-corrected chi connectivity index (χ0v) is 10.1. The van der Waals surface area contributed by atoms with Crippen LogP contribution in [0.15, 0.2) is 18.2 Å². The molecule has 0 radical (unpaired) electrons. The van der Waals surface area contributed by atoms with Crippen molar-refractivity contribution in [1.82, 2.24) is 5.32 Å². The summed E-state index contributed by atoms with van der Waals surface area (Å²) in [6, 6.07) is 5.24. The lowest BCUT2D eigenvalue weighted by Crippen LogP contribution is -2.30. The number of benzene rings is 1. The summed E-state index contributed by atoms with van der Waals surface area (Å²) in [4.78, 5) is 0. The number of hydrogen-bond donors (Lipinski definition) is 1. The Morgan fingerprint density at radius 2 is 2.07 bits per heavy atom. The van der Waals surface area contributed by atoms with E-state index >= 15 is 0 Å². The molecule has 2 atom stereocenters. The van der Waals surface area contributed by atoms with Gasteiger partial charge in [0.2, 0.25) is 0 Å². The summed E-state index contributed by atoms with van der Waals surface area (Å²) in [6.45, 7) is 4.20. The predicted molar refractivity (Wildman–Crippen MR) is 62.8 cm³/mol. The molecule has 0 saturated carbocycles. The van der Waals surface area contributed by atoms with Crippen LogP contribution < -0.4 is 5.32 Å². The van der Waals surface area contributed by atoms with Crippen LogP contribution in [0.1, 0.15) is 19.4 Å². The van der Waals surface area contributed by atoms with E-state index < -0.39 is 0 Å². The number of rotatable bonds is 4. The molecule has 0 aliphatic carbocycles. The van der Waals surface area contributed by atoms with Crippen molar-refractivity contribution in [3.8, 4) is 0 Å². The van der Waals surface area contributed by atoms with Crippen molar-refractivity contribution in [1.29, 1.82) is 0 Å². The highest BCUT2D eigenvalue weighted by Gasteiger charge is 2.13. The van der Waals surface area contributed by atoms with Gasteiger partial charge in [0, 0.05) is 11.1 Å². The van der Waals surface area contributed by atoms with E-state index in [1.165, 1.54) is 6.07 Å². The monoisotopic (exact) mass is 229 g/mol. The van der Waals surface area contributed by atoms with E-state index in [1.807, 2.05) is 7.05 Å². The second-order valence-electron chi connectivity index (χ2n) is 3.99.